The van der Waals surface area contributed by atoms with E-state index in [4.69, 9.17) is 0 Å². The summed E-state index contributed by atoms with van der Waals surface area (Å²) in [4.78, 5) is 38.4. The van der Waals surface area contributed by atoms with Crippen LogP contribution in [0.2, 0.25) is 0 Å². The quantitative estimate of drug-likeness (QED) is 0.539. The van der Waals surface area contributed by atoms with Crippen LogP contribution < -0.4 is 16.1 Å². The predicted molar refractivity (Wildman–Crippen MR) is 122 cm³/mol. The van der Waals surface area contributed by atoms with Gasteiger partial charge >= 0.3 is 6.18 Å². The molecule has 3 aromatic rings. The third-order valence-electron chi connectivity index (χ3n) is 5.57. The van der Waals surface area contributed by atoms with Crippen molar-refractivity contribution in [2.45, 2.75) is 44.4 Å². The van der Waals surface area contributed by atoms with E-state index in [0.29, 0.717) is 0 Å². The maximum absolute atomic E-state index is 13.2. The highest BCUT2D eigenvalue weighted by Crippen LogP contribution is 2.30. The van der Waals surface area contributed by atoms with Gasteiger partial charge in [-0.05, 0) is 43.5 Å². The Hall–Kier alpha value is -3.95. The first-order valence-corrected chi connectivity index (χ1v) is 11.1. The van der Waals surface area contributed by atoms with Crippen LogP contribution >= 0.6 is 0 Å². The lowest BCUT2D eigenvalue weighted by atomic mass is 10.0. The van der Waals surface area contributed by atoms with Gasteiger partial charge in [-0.25, -0.2) is 4.68 Å². The molecule has 1 unspecified atom stereocenters. The number of halogens is 3. The van der Waals surface area contributed by atoms with Gasteiger partial charge in [0.05, 0.1) is 11.3 Å². The molecule has 0 spiro atoms. The Labute approximate surface area is 199 Å². The molecule has 4 rings (SSSR count). The lowest BCUT2D eigenvalue weighted by Crippen LogP contribution is -2.49. The average molecular weight is 484 g/mol. The number of aryl methyl sites for hydroxylation is 1. The number of nitrogens with zero attached hydrogens (tertiary/aromatic N) is 2. The van der Waals surface area contributed by atoms with Crippen molar-refractivity contribution < 1.29 is 22.8 Å². The average Bonchev–Trinajstić information content (AvgIpc) is 3.63. The number of rotatable bonds is 7. The minimum Gasteiger partial charge on any atom is -0.352 e. The summed E-state index contributed by atoms with van der Waals surface area (Å²) in [6.07, 6.45) is -2.65. The smallest absolute Gasteiger partial charge is 0.352 e. The van der Waals surface area contributed by atoms with Crippen molar-refractivity contribution in [1.82, 2.24) is 20.4 Å². The second-order valence-electron chi connectivity index (χ2n) is 8.46. The molecule has 2 amide bonds. The molecule has 10 heteroatoms. The van der Waals surface area contributed by atoms with Crippen LogP contribution in [0, 0.1) is 6.92 Å². The van der Waals surface area contributed by atoms with Gasteiger partial charge in [-0.1, -0.05) is 36.4 Å². The van der Waals surface area contributed by atoms with Crippen molar-refractivity contribution in [1.29, 1.82) is 0 Å². The number of amides is 2. The molecular weight excluding hydrogens is 461 g/mol. The van der Waals surface area contributed by atoms with Gasteiger partial charge in [-0.3, -0.25) is 14.4 Å². The topological polar surface area (TPSA) is 93.1 Å². The first-order chi connectivity index (χ1) is 16.6. The number of nitrogens with one attached hydrogen (secondary N) is 2. The summed E-state index contributed by atoms with van der Waals surface area (Å²) in [5.41, 5.74) is -1.02. The maximum Gasteiger partial charge on any atom is 0.416 e. The zero-order valence-corrected chi connectivity index (χ0v) is 18.8. The number of benzene rings is 2. The van der Waals surface area contributed by atoms with Gasteiger partial charge in [0.15, 0.2) is 5.69 Å². The summed E-state index contributed by atoms with van der Waals surface area (Å²) in [6.45, 7) is 1.50. The van der Waals surface area contributed by atoms with Gasteiger partial charge in [0, 0.05) is 24.2 Å². The van der Waals surface area contributed by atoms with E-state index in [1.165, 1.54) is 19.1 Å². The van der Waals surface area contributed by atoms with Gasteiger partial charge in [-0.2, -0.15) is 18.3 Å². The van der Waals surface area contributed by atoms with Crippen molar-refractivity contribution in [2.75, 3.05) is 0 Å². The molecule has 1 aliphatic rings. The number of carbonyl (C=O) groups is 2. The molecule has 0 radical (unpaired) electrons. The van der Waals surface area contributed by atoms with E-state index >= 15 is 0 Å². The molecule has 0 saturated heterocycles. The molecule has 35 heavy (non-hydrogen) atoms. The highest BCUT2D eigenvalue weighted by Gasteiger charge is 2.31. The molecule has 7 nitrogen and oxygen atoms in total. The van der Waals surface area contributed by atoms with Gasteiger partial charge in [0.25, 0.3) is 5.91 Å². The predicted octanol–water partition coefficient (Wildman–Crippen LogP) is 3.18. The highest BCUT2D eigenvalue weighted by molar-refractivity contribution is 5.96. The molecular formula is C25H23F3N4O3. The monoisotopic (exact) mass is 484 g/mol. The van der Waals surface area contributed by atoms with Gasteiger partial charge in [-0.15, -0.1) is 0 Å². The summed E-state index contributed by atoms with van der Waals surface area (Å²) in [7, 11) is 0. The Morgan fingerprint density at radius 1 is 1.09 bits per heavy atom. The van der Waals surface area contributed by atoms with Crippen LogP contribution in [-0.2, 0) is 17.4 Å². The number of alkyl halides is 3. The fraction of sp³-hybridized carbons (Fsp3) is 0.280. The van der Waals surface area contributed by atoms with Gasteiger partial charge in [0.1, 0.15) is 6.04 Å². The Bertz CT molecular complexity index is 1300. The van der Waals surface area contributed by atoms with Crippen LogP contribution in [0.1, 0.15) is 40.2 Å². The number of aromatic nitrogens is 2. The van der Waals surface area contributed by atoms with Crippen LogP contribution in [0.4, 0.5) is 13.2 Å². The third kappa shape index (κ3) is 5.95. The van der Waals surface area contributed by atoms with E-state index in [1.807, 2.05) is 30.3 Å². The summed E-state index contributed by atoms with van der Waals surface area (Å²) in [5.74, 6) is -1.27. The first kappa shape index (κ1) is 24.2. The van der Waals surface area contributed by atoms with Crippen molar-refractivity contribution in [2.24, 2.45) is 0 Å². The number of hydrogen-bond donors (Lipinski definition) is 2. The van der Waals surface area contributed by atoms with Crippen LogP contribution in [0.5, 0.6) is 0 Å². The van der Waals surface area contributed by atoms with E-state index in [2.05, 4.69) is 15.7 Å². The SMILES string of the molecule is Cc1cc(=O)c(C(=O)NC(Cc2ccccc2)C(=O)NC2CC2)nn1-c1cccc(C(F)(F)F)c1. The molecule has 1 aromatic heterocycles. The molecule has 1 saturated carbocycles. The molecule has 1 atom stereocenters. The van der Waals surface area contributed by atoms with Crippen molar-refractivity contribution in [3.63, 3.8) is 0 Å². The Morgan fingerprint density at radius 2 is 1.80 bits per heavy atom. The fourth-order valence-corrected chi connectivity index (χ4v) is 3.60. The molecule has 0 bridgehead atoms. The second-order valence-corrected chi connectivity index (χ2v) is 8.46. The van der Waals surface area contributed by atoms with E-state index in [1.54, 1.807) is 0 Å². The summed E-state index contributed by atoms with van der Waals surface area (Å²) < 4.78 is 40.6. The van der Waals surface area contributed by atoms with E-state index in [-0.39, 0.29) is 29.8 Å². The van der Waals surface area contributed by atoms with E-state index < -0.39 is 34.8 Å². The number of carbonyl (C=O) groups excluding carboxylic acids is 2. The fourth-order valence-electron chi connectivity index (χ4n) is 3.60. The van der Waals surface area contributed by atoms with Gasteiger partial charge < -0.3 is 10.6 Å². The molecule has 0 aliphatic heterocycles. The largest absolute Gasteiger partial charge is 0.416 e. The Morgan fingerprint density at radius 3 is 2.46 bits per heavy atom. The minimum atomic E-state index is -4.57. The normalized spacial score (nSPS) is 14.3. The van der Waals surface area contributed by atoms with Crippen molar-refractivity contribution in [3.8, 4) is 5.69 Å². The van der Waals surface area contributed by atoms with Crippen molar-refractivity contribution in [3.05, 3.63) is 93.4 Å². The van der Waals surface area contributed by atoms with Gasteiger partial charge in [0.2, 0.25) is 11.3 Å². The minimum absolute atomic E-state index is 0.0405. The Balaban J connectivity index is 1.63. The summed E-state index contributed by atoms with van der Waals surface area (Å²) >= 11 is 0. The lowest BCUT2D eigenvalue weighted by Gasteiger charge is -2.19. The molecule has 182 valence electrons. The standard InChI is InChI=1S/C25H23F3N4O3/c1-15-12-21(33)22(31-32(15)19-9-5-8-17(14-19)25(26,27)28)24(35)30-20(23(34)29-18-10-11-18)13-16-6-3-2-4-7-16/h2-9,12,14,18,20H,10-11,13H2,1H3,(H,29,34)(H,30,35). The molecule has 1 heterocycles. The van der Waals surface area contributed by atoms with Crippen LogP contribution in [0.25, 0.3) is 5.69 Å². The van der Waals surface area contributed by atoms with E-state index in [0.717, 1.165) is 41.3 Å². The third-order valence-corrected chi connectivity index (χ3v) is 5.57. The maximum atomic E-state index is 13.2. The molecule has 2 aromatic carbocycles. The van der Waals surface area contributed by atoms with Crippen LogP contribution in [-0.4, -0.2) is 33.7 Å². The Kier molecular flexibility index (Phi) is 6.72. The molecule has 1 aliphatic carbocycles. The van der Waals surface area contributed by atoms with Crippen LogP contribution in [0.15, 0.2) is 65.5 Å². The van der Waals surface area contributed by atoms with E-state index in [9.17, 15) is 27.6 Å². The zero-order chi connectivity index (χ0) is 25.2. The lowest BCUT2D eigenvalue weighted by molar-refractivity contribution is -0.137. The summed E-state index contributed by atoms with van der Waals surface area (Å²) in [5, 5.41) is 9.48. The molecule has 2 N–H and O–H groups in total. The second kappa shape index (κ2) is 9.73. The molecule has 1 fully saturated rings. The number of hydrogen-bond acceptors (Lipinski definition) is 4. The van der Waals surface area contributed by atoms with Crippen LogP contribution in [0.3, 0.4) is 0 Å². The van der Waals surface area contributed by atoms with Crippen molar-refractivity contribution >= 4 is 11.8 Å². The summed E-state index contributed by atoms with van der Waals surface area (Å²) in [6, 6.07) is 13.7. The first-order valence-electron chi connectivity index (χ1n) is 11.1. The zero-order valence-electron chi connectivity index (χ0n) is 18.8. The highest BCUT2D eigenvalue weighted by atomic mass is 19.4.